The van der Waals surface area contributed by atoms with Gasteiger partial charge in [-0.05, 0) is 66.1 Å². The molecule has 1 aromatic heterocycles. The Kier molecular flexibility index (Phi) is 8.33. The molecule has 1 atom stereocenters. The van der Waals surface area contributed by atoms with Crippen LogP contribution in [0.15, 0.2) is 93.9 Å². The summed E-state index contributed by atoms with van der Waals surface area (Å²) < 4.78 is 67.8. The number of benzene rings is 3. The molecule has 1 aliphatic heterocycles. The van der Waals surface area contributed by atoms with E-state index in [1.807, 2.05) is 0 Å². The van der Waals surface area contributed by atoms with E-state index in [4.69, 9.17) is 21.1 Å². The SMILES string of the molecule is CCOC(=O)C1=C(C(F)(F)F)N=c2s/c(=C\c3cccc(OCc4ccc(F)cc4)c3)c(=O)n2[C@H]1c1ccc(Cl)cc1. The fourth-order valence-corrected chi connectivity index (χ4v) is 5.52. The summed E-state index contributed by atoms with van der Waals surface area (Å²) in [5.74, 6) is -1.13. The molecule has 2 heterocycles. The zero-order valence-corrected chi connectivity index (χ0v) is 23.4. The summed E-state index contributed by atoms with van der Waals surface area (Å²) in [5, 5.41) is 0.324. The molecule has 0 fully saturated rings. The van der Waals surface area contributed by atoms with Crippen LogP contribution in [0.4, 0.5) is 17.6 Å². The summed E-state index contributed by atoms with van der Waals surface area (Å²) in [6, 6.07) is 16.9. The lowest BCUT2D eigenvalue weighted by molar-refractivity contribution is -0.140. The number of thiazole rings is 1. The zero-order chi connectivity index (χ0) is 30.0. The van der Waals surface area contributed by atoms with Gasteiger partial charge in [-0.15, -0.1) is 0 Å². The van der Waals surface area contributed by atoms with Crippen molar-refractivity contribution in [2.24, 2.45) is 4.99 Å². The van der Waals surface area contributed by atoms with Gasteiger partial charge in [-0.25, -0.2) is 14.2 Å². The van der Waals surface area contributed by atoms with Gasteiger partial charge in [0, 0.05) is 5.02 Å². The Balaban J connectivity index is 1.61. The molecule has 0 aliphatic carbocycles. The molecule has 6 nitrogen and oxygen atoms in total. The van der Waals surface area contributed by atoms with E-state index >= 15 is 0 Å². The number of hydrogen-bond acceptors (Lipinski definition) is 6. The number of ether oxygens (including phenoxy) is 2. The van der Waals surface area contributed by atoms with E-state index in [2.05, 4.69) is 4.99 Å². The van der Waals surface area contributed by atoms with Crippen molar-refractivity contribution in [2.75, 3.05) is 6.61 Å². The average molecular weight is 617 g/mol. The van der Waals surface area contributed by atoms with Crippen molar-refractivity contribution in [2.45, 2.75) is 25.7 Å². The molecule has 0 amide bonds. The Morgan fingerprint density at radius 1 is 1.10 bits per heavy atom. The summed E-state index contributed by atoms with van der Waals surface area (Å²) in [5.41, 5.74) is -1.34. The third-order valence-electron chi connectivity index (χ3n) is 6.26. The van der Waals surface area contributed by atoms with E-state index in [-0.39, 0.29) is 33.9 Å². The molecular formula is C30H21ClF4N2O4S. The van der Waals surface area contributed by atoms with Crippen LogP contribution in [0.1, 0.15) is 29.7 Å². The maximum Gasteiger partial charge on any atom is 0.434 e. The molecule has 12 heteroatoms. The monoisotopic (exact) mass is 616 g/mol. The van der Waals surface area contributed by atoms with E-state index < -0.39 is 35.0 Å². The molecule has 4 aromatic rings. The first-order chi connectivity index (χ1) is 20.0. The molecule has 0 spiro atoms. The second-order valence-corrected chi connectivity index (χ2v) is 10.5. The first-order valence-electron chi connectivity index (χ1n) is 12.6. The zero-order valence-electron chi connectivity index (χ0n) is 21.8. The largest absolute Gasteiger partial charge is 0.489 e. The molecule has 0 bridgehead atoms. The van der Waals surface area contributed by atoms with Crippen molar-refractivity contribution in [3.63, 3.8) is 0 Å². The van der Waals surface area contributed by atoms with E-state index in [1.54, 1.807) is 36.4 Å². The van der Waals surface area contributed by atoms with Gasteiger partial charge in [-0.2, -0.15) is 13.2 Å². The molecular weight excluding hydrogens is 596 g/mol. The molecule has 0 radical (unpaired) electrons. The van der Waals surface area contributed by atoms with Crippen molar-refractivity contribution in [3.05, 3.63) is 131 Å². The van der Waals surface area contributed by atoms with Crippen LogP contribution in [-0.4, -0.2) is 23.3 Å². The Morgan fingerprint density at radius 3 is 2.48 bits per heavy atom. The summed E-state index contributed by atoms with van der Waals surface area (Å²) in [6.45, 7) is 1.46. The summed E-state index contributed by atoms with van der Waals surface area (Å²) >= 11 is 6.77. The first kappa shape index (κ1) is 29.3. The molecule has 0 unspecified atom stereocenters. The van der Waals surface area contributed by atoms with Crippen molar-refractivity contribution >= 4 is 35.0 Å². The van der Waals surface area contributed by atoms with Gasteiger partial charge in [0.05, 0.1) is 22.8 Å². The molecule has 0 saturated heterocycles. The number of esters is 1. The number of hydrogen-bond donors (Lipinski definition) is 0. The molecule has 0 N–H and O–H groups in total. The number of carbonyl (C=O) groups is 1. The highest BCUT2D eigenvalue weighted by Crippen LogP contribution is 2.38. The Hall–Kier alpha value is -4.22. The second kappa shape index (κ2) is 11.9. The van der Waals surface area contributed by atoms with Crippen LogP contribution in [0.25, 0.3) is 6.08 Å². The highest BCUT2D eigenvalue weighted by atomic mass is 35.5. The smallest absolute Gasteiger partial charge is 0.434 e. The van der Waals surface area contributed by atoms with Crippen molar-refractivity contribution in [3.8, 4) is 5.75 Å². The van der Waals surface area contributed by atoms with Gasteiger partial charge in [-0.3, -0.25) is 9.36 Å². The number of fused-ring (bicyclic) bond motifs is 1. The van der Waals surface area contributed by atoms with Crippen molar-refractivity contribution < 1.29 is 31.8 Å². The third kappa shape index (κ3) is 6.17. The standard InChI is InChI=1S/C30H21ClF4N2O4S/c1-2-40-28(39)24-25(19-8-10-20(31)11-9-19)37-27(38)23(42-29(37)36-26(24)30(33,34)35)15-18-4-3-5-22(14-18)41-16-17-6-12-21(32)13-7-17/h3-15,25H,2,16H2,1H3/b23-15-/t25-/m0/s1. The number of alkyl halides is 3. The quantitative estimate of drug-likeness (QED) is 0.197. The van der Waals surface area contributed by atoms with Crippen LogP contribution < -0.4 is 19.6 Å². The number of halogens is 5. The second-order valence-electron chi connectivity index (χ2n) is 9.10. The molecule has 0 saturated carbocycles. The van der Waals surface area contributed by atoms with E-state index in [9.17, 15) is 27.2 Å². The fourth-order valence-electron chi connectivity index (χ4n) is 4.39. The topological polar surface area (TPSA) is 69.9 Å². The summed E-state index contributed by atoms with van der Waals surface area (Å²) in [6.07, 6.45) is -3.49. The van der Waals surface area contributed by atoms with Gasteiger partial charge >= 0.3 is 12.1 Å². The number of allylic oxidation sites excluding steroid dienone is 1. The normalized spacial score (nSPS) is 15.3. The van der Waals surface area contributed by atoms with Gasteiger partial charge < -0.3 is 9.47 Å². The van der Waals surface area contributed by atoms with Gasteiger partial charge in [0.15, 0.2) is 10.5 Å². The predicted octanol–water partition coefficient (Wildman–Crippen LogP) is 5.71. The third-order valence-corrected chi connectivity index (χ3v) is 7.49. The molecule has 3 aromatic carbocycles. The first-order valence-corrected chi connectivity index (χ1v) is 13.8. The van der Waals surface area contributed by atoms with Crippen molar-refractivity contribution in [1.82, 2.24) is 4.57 Å². The van der Waals surface area contributed by atoms with Crippen LogP contribution in [0.2, 0.25) is 5.02 Å². The summed E-state index contributed by atoms with van der Waals surface area (Å²) in [7, 11) is 0. The minimum atomic E-state index is -5.00. The number of aromatic nitrogens is 1. The predicted molar refractivity (Wildman–Crippen MR) is 149 cm³/mol. The minimum absolute atomic E-state index is 0.0926. The Labute approximate surface area is 245 Å². The summed E-state index contributed by atoms with van der Waals surface area (Å²) in [4.78, 5) is 30.2. The van der Waals surface area contributed by atoms with Crippen LogP contribution >= 0.6 is 22.9 Å². The lowest BCUT2D eigenvalue weighted by Crippen LogP contribution is -2.41. The lowest BCUT2D eigenvalue weighted by atomic mass is 9.95. The van der Waals surface area contributed by atoms with Crippen molar-refractivity contribution in [1.29, 1.82) is 0 Å². The minimum Gasteiger partial charge on any atom is -0.489 e. The van der Waals surface area contributed by atoms with E-state index in [0.717, 1.165) is 21.5 Å². The van der Waals surface area contributed by atoms with Gasteiger partial charge in [0.1, 0.15) is 18.2 Å². The number of nitrogens with zero attached hydrogens (tertiary/aromatic N) is 2. The molecule has 1 aliphatic rings. The van der Waals surface area contributed by atoms with Crippen LogP contribution in [-0.2, 0) is 16.1 Å². The highest BCUT2D eigenvalue weighted by Gasteiger charge is 2.45. The Bertz CT molecular complexity index is 1850. The fraction of sp³-hybridized carbons (Fsp3) is 0.167. The highest BCUT2D eigenvalue weighted by molar-refractivity contribution is 7.07. The average Bonchev–Trinajstić information content (AvgIpc) is 3.26. The maximum absolute atomic E-state index is 14.2. The maximum atomic E-state index is 14.2. The number of rotatable bonds is 7. The van der Waals surface area contributed by atoms with Gasteiger partial charge in [-0.1, -0.05) is 59.3 Å². The molecule has 216 valence electrons. The van der Waals surface area contributed by atoms with E-state index in [1.165, 1.54) is 49.4 Å². The number of carbonyl (C=O) groups excluding carboxylic acids is 1. The van der Waals surface area contributed by atoms with Crippen LogP contribution in [0, 0.1) is 5.82 Å². The Morgan fingerprint density at radius 2 is 1.81 bits per heavy atom. The van der Waals surface area contributed by atoms with Gasteiger partial charge in [0.25, 0.3) is 5.56 Å². The lowest BCUT2D eigenvalue weighted by Gasteiger charge is -2.26. The van der Waals surface area contributed by atoms with Crippen LogP contribution in [0.5, 0.6) is 5.75 Å². The van der Waals surface area contributed by atoms with Gasteiger partial charge in [0.2, 0.25) is 0 Å². The molecule has 5 rings (SSSR count). The van der Waals surface area contributed by atoms with Crippen LogP contribution in [0.3, 0.4) is 0 Å². The van der Waals surface area contributed by atoms with E-state index in [0.29, 0.717) is 16.3 Å². The molecule has 42 heavy (non-hydrogen) atoms.